The van der Waals surface area contributed by atoms with Crippen LogP contribution in [0.15, 0.2) is 59.4 Å². The highest BCUT2D eigenvalue weighted by Gasteiger charge is 2.45. The predicted molar refractivity (Wildman–Crippen MR) is 117 cm³/mol. The Morgan fingerprint density at radius 1 is 1.18 bits per heavy atom. The van der Waals surface area contributed by atoms with Gasteiger partial charge in [0.1, 0.15) is 0 Å². The first-order chi connectivity index (χ1) is 16.3. The number of nitrogens with zero attached hydrogens (tertiary/aromatic N) is 2. The van der Waals surface area contributed by atoms with E-state index in [0.717, 1.165) is 16.7 Å². The van der Waals surface area contributed by atoms with Gasteiger partial charge in [-0.2, -0.15) is 13.2 Å². The molecule has 0 bridgehead atoms. The molecule has 34 heavy (non-hydrogen) atoms. The van der Waals surface area contributed by atoms with E-state index < -0.39 is 18.2 Å². The minimum Gasteiger partial charge on any atom is -0.334 e. The smallest absolute Gasteiger partial charge is 0.334 e. The topological polar surface area (TPSA) is 100.0 Å². The van der Waals surface area contributed by atoms with E-state index in [-0.39, 0.29) is 23.3 Å². The van der Waals surface area contributed by atoms with Crippen LogP contribution in [0.4, 0.5) is 23.7 Å². The molecule has 12 heteroatoms. The third-order valence-electron chi connectivity index (χ3n) is 5.35. The number of H-pyrrole nitrogens is 1. The number of hydrogen-bond donors (Lipinski definition) is 3. The first-order valence-electron chi connectivity index (χ1n) is 10.2. The zero-order chi connectivity index (χ0) is 23.9. The number of fused-ring (bicyclic) bond motifs is 1. The third-order valence-corrected chi connectivity index (χ3v) is 5.93. The minimum absolute atomic E-state index is 0.00710. The van der Waals surface area contributed by atoms with Crippen LogP contribution in [0.1, 0.15) is 17.9 Å². The lowest BCUT2D eigenvalue weighted by atomic mass is 10.1. The number of thiazole rings is 1. The Balaban J connectivity index is 1.37. The van der Waals surface area contributed by atoms with Gasteiger partial charge >= 0.3 is 24.0 Å². The number of imidazole rings is 1. The molecule has 0 spiro atoms. The summed E-state index contributed by atoms with van der Waals surface area (Å²) in [4.78, 5) is 35.7. The van der Waals surface area contributed by atoms with Crippen LogP contribution < -0.4 is 20.2 Å². The molecule has 8 nitrogen and oxygen atoms in total. The summed E-state index contributed by atoms with van der Waals surface area (Å²) in [5, 5.41) is 7.16. The maximum atomic E-state index is 12.9. The number of nitrogens with one attached hydrogen (secondary N) is 3. The number of anilines is 1. The van der Waals surface area contributed by atoms with Gasteiger partial charge in [0, 0.05) is 29.1 Å². The predicted octanol–water partition coefficient (Wildman–Crippen LogP) is 3.77. The van der Waals surface area contributed by atoms with Crippen LogP contribution in [-0.4, -0.2) is 34.2 Å². The van der Waals surface area contributed by atoms with E-state index in [9.17, 15) is 22.8 Å². The van der Waals surface area contributed by atoms with Crippen molar-refractivity contribution in [1.29, 1.82) is 0 Å². The number of hydrogen-bond acceptors (Lipinski definition) is 5. The van der Waals surface area contributed by atoms with Crippen LogP contribution in [0, 0.1) is 0 Å². The lowest BCUT2D eigenvalue weighted by Gasteiger charge is -2.08. The highest BCUT2D eigenvalue weighted by Crippen LogP contribution is 2.40. The Hall–Kier alpha value is -3.93. The summed E-state index contributed by atoms with van der Waals surface area (Å²) < 4.78 is 39.3. The Morgan fingerprint density at radius 2 is 1.97 bits per heavy atom. The van der Waals surface area contributed by atoms with E-state index in [1.165, 1.54) is 22.9 Å². The second kappa shape index (κ2) is 8.45. The zero-order valence-corrected chi connectivity index (χ0v) is 18.1. The molecular formula is C22H17F3N5O3S+. The molecule has 2 heterocycles. The van der Waals surface area contributed by atoms with E-state index in [0.29, 0.717) is 16.9 Å². The van der Waals surface area contributed by atoms with E-state index in [1.54, 1.807) is 17.5 Å². The van der Waals surface area contributed by atoms with Crippen molar-refractivity contribution < 1.29 is 32.3 Å². The number of rotatable bonds is 5. The number of amides is 2. The van der Waals surface area contributed by atoms with Gasteiger partial charge in [0.15, 0.2) is 11.2 Å². The van der Waals surface area contributed by atoms with Gasteiger partial charge in [-0.15, -0.1) is 11.3 Å². The summed E-state index contributed by atoms with van der Waals surface area (Å²) in [6.07, 6.45) is -4.37. The van der Waals surface area contributed by atoms with Crippen molar-refractivity contribution in [2.24, 2.45) is 0 Å². The van der Waals surface area contributed by atoms with E-state index >= 15 is 0 Å². The molecule has 5 rings (SSSR count). The molecule has 4 aromatic rings. The lowest BCUT2D eigenvalue weighted by Crippen LogP contribution is -2.51. The van der Waals surface area contributed by atoms with Crippen molar-refractivity contribution in [2.75, 3.05) is 5.32 Å². The fourth-order valence-corrected chi connectivity index (χ4v) is 4.20. The average molecular weight is 488 g/mol. The maximum absolute atomic E-state index is 12.9. The van der Waals surface area contributed by atoms with E-state index in [4.69, 9.17) is 0 Å². The van der Waals surface area contributed by atoms with Gasteiger partial charge in [-0.05, 0) is 28.8 Å². The molecule has 2 atom stereocenters. The van der Waals surface area contributed by atoms with Crippen molar-refractivity contribution in [3.63, 3.8) is 0 Å². The van der Waals surface area contributed by atoms with Gasteiger partial charge in [0.25, 0.3) is 0 Å². The molecule has 2 unspecified atom stereocenters. The first-order valence-corrected chi connectivity index (χ1v) is 11.1. The summed E-state index contributed by atoms with van der Waals surface area (Å²) in [5.41, 5.74) is 3.74. The standard InChI is InChI=1S/C22H16F3N5O3S/c23-22(24,25)20(31)33-30-18-8-13(6-7-15(18)28-19(30)17-10-34-11-26-17)27-21(32)29-16-9-14(16)12-4-2-1-3-5-12/h1-8,10-11,14,16H,9H2,(H2,27,29,32)/p+1. The molecule has 1 saturated carbocycles. The van der Waals surface area contributed by atoms with Crippen molar-refractivity contribution in [1.82, 2.24) is 15.3 Å². The normalized spacial score (nSPS) is 17.4. The van der Waals surface area contributed by atoms with Gasteiger partial charge in [-0.3, -0.25) is 0 Å². The number of alkyl halides is 3. The number of benzene rings is 2. The largest absolute Gasteiger partial charge is 0.495 e. The Kier molecular flexibility index (Phi) is 5.44. The number of halogens is 3. The Bertz CT molecular complexity index is 1360. The molecule has 174 valence electrons. The van der Waals surface area contributed by atoms with E-state index in [2.05, 4.69) is 25.4 Å². The minimum atomic E-state index is -5.19. The molecule has 1 aliphatic carbocycles. The van der Waals surface area contributed by atoms with Gasteiger partial charge in [0.2, 0.25) is 5.52 Å². The highest BCUT2D eigenvalue weighted by molar-refractivity contribution is 7.07. The third kappa shape index (κ3) is 4.44. The number of urea groups is 1. The van der Waals surface area contributed by atoms with Crippen molar-refractivity contribution in [3.8, 4) is 11.5 Å². The molecule has 0 radical (unpaired) electrons. The quantitative estimate of drug-likeness (QED) is 0.373. The van der Waals surface area contributed by atoms with Crippen molar-refractivity contribution in [2.45, 2.75) is 24.6 Å². The van der Waals surface area contributed by atoms with E-state index in [1.807, 2.05) is 30.3 Å². The zero-order valence-electron chi connectivity index (χ0n) is 17.3. The molecule has 2 amide bonds. The fourth-order valence-electron chi connectivity index (χ4n) is 3.67. The number of carbonyl (C=O) groups excluding carboxylic acids is 2. The summed E-state index contributed by atoms with van der Waals surface area (Å²) >= 11 is 1.23. The fraction of sp³-hybridized carbons (Fsp3) is 0.182. The van der Waals surface area contributed by atoms with Gasteiger partial charge in [0.05, 0.1) is 5.51 Å². The number of aromatic amines is 1. The molecule has 3 N–H and O–H groups in total. The van der Waals surface area contributed by atoms with Crippen LogP contribution in [0.25, 0.3) is 22.6 Å². The van der Waals surface area contributed by atoms with Crippen LogP contribution in [0.3, 0.4) is 0 Å². The Labute approximate surface area is 194 Å². The van der Waals surface area contributed by atoms with Gasteiger partial charge in [-0.25, -0.2) is 24.4 Å². The second-order valence-corrected chi connectivity index (χ2v) is 8.43. The Morgan fingerprint density at radius 3 is 2.68 bits per heavy atom. The monoisotopic (exact) mass is 488 g/mol. The summed E-state index contributed by atoms with van der Waals surface area (Å²) in [5.74, 6) is -2.09. The molecule has 2 aromatic carbocycles. The number of aromatic nitrogens is 3. The molecule has 1 fully saturated rings. The summed E-state index contributed by atoms with van der Waals surface area (Å²) in [6.45, 7) is 0. The first kappa shape index (κ1) is 21.9. The van der Waals surface area contributed by atoms with Crippen LogP contribution >= 0.6 is 11.3 Å². The van der Waals surface area contributed by atoms with Gasteiger partial charge < -0.3 is 10.6 Å². The average Bonchev–Trinajstić information content (AvgIpc) is 3.18. The molecule has 0 aliphatic heterocycles. The van der Waals surface area contributed by atoms with Crippen LogP contribution in [-0.2, 0) is 4.79 Å². The SMILES string of the molecule is O=C(Nc1ccc2[nH]c(-c3cscn3)[n+](OC(=O)C(F)(F)F)c2c1)NC1CC1c1ccccc1. The second-order valence-electron chi connectivity index (χ2n) is 7.71. The van der Waals surface area contributed by atoms with Crippen LogP contribution in [0.5, 0.6) is 0 Å². The van der Waals surface area contributed by atoms with Crippen LogP contribution in [0.2, 0.25) is 0 Å². The summed E-state index contributed by atoms with van der Waals surface area (Å²) in [6, 6.07) is 13.9. The molecular weight excluding hydrogens is 471 g/mol. The van der Waals surface area contributed by atoms with Crippen molar-refractivity contribution >= 4 is 40.1 Å². The molecule has 1 aliphatic rings. The maximum Gasteiger partial charge on any atom is 0.495 e. The van der Waals surface area contributed by atoms with Gasteiger partial charge in [-0.1, -0.05) is 30.3 Å². The highest BCUT2D eigenvalue weighted by atomic mass is 32.1. The molecule has 0 saturated heterocycles. The molecule has 2 aromatic heterocycles. The lowest BCUT2D eigenvalue weighted by molar-refractivity contribution is -0.841. The number of carbonyl (C=O) groups is 2. The summed E-state index contributed by atoms with van der Waals surface area (Å²) in [7, 11) is 0. The van der Waals surface area contributed by atoms with Crippen molar-refractivity contribution in [3.05, 3.63) is 65.0 Å².